The van der Waals surface area contributed by atoms with Crippen LogP contribution >= 0.6 is 11.3 Å². The zero-order valence-corrected chi connectivity index (χ0v) is 34.6. The monoisotopic (exact) mass is 822 g/mol. The van der Waals surface area contributed by atoms with Crippen molar-refractivity contribution in [1.29, 1.82) is 0 Å². The van der Waals surface area contributed by atoms with Gasteiger partial charge in [-0.05, 0) is 70.8 Å². The number of thiophene rings is 1. The van der Waals surface area contributed by atoms with Gasteiger partial charge in [0, 0.05) is 53.7 Å². The van der Waals surface area contributed by atoms with Crippen LogP contribution in [0.2, 0.25) is 0 Å². The zero-order valence-electron chi connectivity index (χ0n) is 33.7. The molecule has 6 heteroatoms. The summed E-state index contributed by atoms with van der Waals surface area (Å²) in [6.07, 6.45) is 0. The highest BCUT2D eigenvalue weighted by atomic mass is 32.1. The Bertz CT molecular complexity index is 3850. The van der Waals surface area contributed by atoms with Gasteiger partial charge in [0.25, 0.3) is 0 Å². The Morgan fingerprint density at radius 2 is 0.937 bits per heavy atom. The molecule has 4 aromatic heterocycles. The van der Waals surface area contributed by atoms with Crippen molar-refractivity contribution in [3.63, 3.8) is 0 Å². The number of hydrogen-bond donors (Lipinski definition) is 0. The van der Waals surface area contributed by atoms with Crippen molar-refractivity contribution >= 4 is 75.3 Å². The third kappa shape index (κ3) is 5.73. The molecule has 0 radical (unpaired) electrons. The van der Waals surface area contributed by atoms with Crippen molar-refractivity contribution < 1.29 is 4.42 Å². The van der Waals surface area contributed by atoms with Crippen LogP contribution in [0.15, 0.2) is 211 Å². The molecule has 0 spiro atoms. The minimum atomic E-state index is 0.627. The fourth-order valence-corrected chi connectivity index (χ4v) is 10.7. The van der Waals surface area contributed by atoms with Gasteiger partial charge in [-0.3, -0.25) is 0 Å². The normalized spacial score (nSPS) is 11.8. The molecule has 0 bridgehead atoms. The summed E-state index contributed by atoms with van der Waals surface area (Å²) in [4.78, 5) is 15.5. The predicted octanol–water partition coefficient (Wildman–Crippen LogP) is 15.6. The first-order chi connectivity index (χ1) is 31.2. The molecule has 0 aliphatic heterocycles. The lowest BCUT2D eigenvalue weighted by atomic mass is 9.97. The third-order valence-electron chi connectivity index (χ3n) is 12.3. The summed E-state index contributed by atoms with van der Waals surface area (Å²) in [5.74, 6) is 1.89. The molecule has 0 amide bonds. The van der Waals surface area contributed by atoms with Gasteiger partial charge in [0.1, 0.15) is 11.2 Å². The number of nitrogens with zero attached hydrogens (tertiary/aromatic N) is 4. The highest BCUT2D eigenvalue weighted by Crippen LogP contribution is 2.48. The lowest BCUT2D eigenvalue weighted by Crippen LogP contribution is -2.00. The molecule has 0 fully saturated rings. The van der Waals surface area contributed by atoms with Crippen LogP contribution in [0.3, 0.4) is 0 Å². The first-order valence-corrected chi connectivity index (χ1v) is 21.9. The first kappa shape index (κ1) is 35.6. The highest BCUT2D eigenvalue weighted by molar-refractivity contribution is 7.27. The van der Waals surface area contributed by atoms with E-state index in [9.17, 15) is 0 Å². The van der Waals surface area contributed by atoms with Gasteiger partial charge in [0.2, 0.25) is 0 Å². The van der Waals surface area contributed by atoms with Crippen LogP contribution < -0.4 is 0 Å². The second kappa shape index (κ2) is 14.2. The van der Waals surface area contributed by atoms with Crippen LogP contribution in [-0.4, -0.2) is 19.5 Å². The maximum absolute atomic E-state index is 6.45. The molecule has 0 aliphatic rings. The second-order valence-electron chi connectivity index (χ2n) is 15.9. The van der Waals surface area contributed by atoms with Crippen molar-refractivity contribution in [2.75, 3.05) is 0 Å². The topological polar surface area (TPSA) is 56.7 Å². The summed E-state index contributed by atoms with van der Waals surface area (Å²) in [6.45, 7) is 0. The lowest BCUT2D eigenvalue weighted by Gasteiger charge is -2.12. The van der Waals surface area contributed by atoms with Crippen LogP contribution in [0.25, 0.3) is 126 Å². The van der Waals surface area contributed by atoms with Crippen molar-refractivity contribution in [3.05, 3.63) is 206 Å². The number of para-hydroxylation sites is 2. The lowest BCUT2D eigenvalue weighted by molar-refractivity contribution is 0.669. The molecule has 0 saturated heterocycles. The average molecular weight is 823 g/mol. The van der Waals surface area contributed by atoms with E-state index in [2.05, 4.69) is 162 Å². The standard InChI is InChI=1S/C57H34N4OS/c1-4-15-35(16-5-1)38-28-32-48-46(33-38)41-21-10-12-24-47(41)61(48)49-25-14-23-44-52-45(57-59-55(36-17-6-2-7-18-36)58-56(60-57)37-19-8-3-9-20-37)31-30-40(54(52)63-53(44)49)39-27-29-43-42-22-11-13-26-50(42)62-51(43)34-39/h1-34H. The first-order valence-electron chi connectivity index (χ1n) is 21.1. The van der Waals surface area contributed by atoms with Gasteiger partial charge in [-0.2, -0.15) is 0 Å². The summed E-state index contributed by atoms with van der Waals surface area (Å²) in [6, 6.07) is 72.6. The molecule has 294 valence electrons. The summed E-state index contributed by atoms with van der Waals surface area (Å²) < 4.78 is 11.2. The molecule has 13 aromatic rings. The molecular formula is C57H34N4OS. The smallest absolute Gasteiger partial charge is 0.164 e. The quantitative estimate of drug-likeness (QED) is 0.168. The summed E-state index contributed by atoms with van der Waals surface area (Å²) in [7, 11) is 0. The number of furan rings is 1. The van der Waals surface area contributed by atoms with Crippen molar-refractivity contribution in [3.8, 4) is 62.1 Å². The van der Waals surface area contributed by atoms with Crippen LogP contribution in [0.1, 0.15) is 0 Å². The average Bonchev–Trinajstić information content (AvgIpc) is 4.04. The predicted molar refractivity (Wildman–Crippen MR) is 262 cm³/mol. The van der Waals surface area contributed by atoms with Crippen molar-refractivity contribution in [2.24, 2.45) is 0 Å². The molecule has 0 atom stereocenters. The van der Waals surface area contributed by atoms with Crippen LogP contribution in [0.5, 0.6) is 0 Å². The minimum absolute atomic E-state index is 0.627. The van der Waals surface area contributed by atoms with E-state index in [0.29, 0.717) is 17.5 Å². The van der Waals surface area contributed by atoms with Gasteiger partial charge in [0.15, 0.2) is 17.5 Å². The Morgan fingerprint density at radius 1 is 0.349 bits per heavy atom. The molecule has 4 heterocycles. The van der Waals surface area contributed by atoms with Gasteiger partial charge in [-0.25, -0.2) is 15.0 Å². The summed E-state index contributed by atoms with van der Waals surface area (Å²) >= 11 is 1.82. The molecule has 0 N–H and O–H groups in total. The van der Waals surface area contributed by atoms with E-state index in [1.54, 1.807) is 0 Å². The van der Waals surface area contributed by atoms with E-state index >= 15 is 0 Å². The number of rotatable bonds is 6. The summed E-state index contributed by atoms with van der Waals surface area (Å²) in [5.41, 5.74) is 12.6. The van der Waals surface area contributed by atoms with Crippen LogP contribution in [-0.2, 0) is 0 Å². The molecular weight excluding hydrogens is 789 g/mol. The van der Waals surface area contributed by atoms with Gasteiger partial charge in [0.05, 0.1) is 21.4 Å². The Kier molecular flexibility index (Phi) is 8.01. The number of hydrogen-bond acceptors (Lipinski definition) is 5. The number of fused-ring (bicyclic) bond motifs is 9. The van der Waals surface area contributed by atoms with E-state index in [-0.39, 0.29) is 0 Å². The fourth-order valence-electron chi connectivity index (χ4n) is 9.34. The minimum Gasteiger partial charge on any atom is -0.456 e. The van der Waals surface area contributed by atoms with E-state index in [0.717, 1.165) is 81.9 Å². The van der Waals surface area contributed by atoms with Gasteiger partial charge in [-0.1, -0.05) is 158 Å². The molecule has 5 nitrogen and oxygen atoms in total. The fraction of sp³-hybridized carbons (Fsp3) is 0. The molecule has 0 saturated carbocycles. The molecule has 9 aromatic carbocycles. The number of aromatic nitrogens is 4. The number of benzene rings is 9. The van der Waals surface area contributed by atoms with E-state index in [4.69, 9.17) is 19.4 Å². The Balaban J connectivity index is 1.10. The van der Waals surface area contributed by atoms with Gasteiger partial charge in [-0.15, -0.1) is 11.3 Å². The largest absolute Gasteiger partial charge is 0.456 e. The molecule has 63 heavy (non-hydrogen) atoms. The van der Waals surface area contributed by atoms with Crippen molar-refractivity contribution in [1.82, 2.24) is 19.5 Å². The molecule has 13 rings (SSSR count). The maximum Gasteiger partial charge on any atom is 0.164 e. The third-order valence-corrected chi connectivity index (χ3v) is 13.5. The Labute approximate surface area is 365 Å². The van der Waals surface area contributed by atoms with Crippen LogP contribution in [0.4, 0.5) is 0 Å². The van der Waals surface area contributed by atoms with E-state index in [1.807, 2.05) is 59.9 Å². The van der Waals surface area contributed by atoms with E-state index < -0.39 is 0 Å². The molecule has 0 unspecified atom stereocenters. The zero-order chi connectivity index (χ0) is 41.4. The highest BCUT2D eigenvalue weighted by Gasteiger charge is 2.23. The summed E-state index contributed by atoms with van der Waals surface area (Å²) in [5, 5.41) is 6.91. The SMILES string of the molecule is c1ccc(-c2ccc3c(c2)c2ccccc2n3-c2cccc3c2sc2c(-c4ccc5c(c4)oc4ccccc45)ccc(-c4nc(-c5ccccc5)nc(-c5ccccc5)n4)c23)cc1. The van der Waals surface area contributed by atoms with Crippen molar-refractivity contribution in [2.45, 2.75) is 0 Å². The molecule has 0 aliphatic carbocycles. The van der Waals surface area contributed by atoms with Gasteiger partial charge < -0.3 is 8.98 Å². The van der Waals surface area contributed by atoms with Gasteiger partial charge >= 0.3 is 0 Å². The maximum atomic E-state index is 6.45. The van der Waals surface area contributed by atoms with E-state index in [1.165, 1.54) is 26.6 Å². The Hall–Kier alpha value is -8.19. The van der Waals surface area contributed by atoms with Crippen LogP contribution in [0, 0.1) is 0 Å². The second-order valence-corrected chi connectivity index (χ2v) is 16.9. The Morgan fingerprint density at radius 3 is 1.70 bits per heavy atom.